The van der Waals surface area contributed by atoms with Gasteiger partial charge in [0.05, 0.1) is 6.10 Å². The van der Waals surface area contributed by atoms with Gasteiger partial charge in [-0.2, -0.15) is 0 Å². The summed E-state index contributed by atoms with van der Waals surface area (Å²) in [4.78, 5) is 0. The number of hydrogen-bond acceptors (Lipinski definition) is 1. The molecule has 80 valence electrons. The Hall–Kier alpha value is -0.530. The first-order valence-corrected chi connectivity index (χ1v) is 6.06. The Balaban J connectivity index is 1.79. The molecule has 2 aliphatic carbocycles. The van der Waals surface area contributed by atoms with Crippen LogP contribution in [0.2, 0.25) is 5.02 Å². The fourth-order valence-corrected chi connectivity index (χ4v) is 3.24. The minimum Gasteiger partial charge on any atom is -0.388 e. The van der Waals surface area contributed by atoms with Crippen LogP contribution in [0.5, 0.6) is 0 Å². The van der Waals surface area contributed by atoms with Crippen molar-refractivity contribution in [2.24, 2.45) is 17.8 Å². The molecule has 2 aliphatic rings. The van der Waals surface area contributed by atoms with Crippen LogP contribution in [0.3, 0.4) is 0 Å². The van der Waals surface area contributed by atoms with Crippen LogP contribution in [0.1, 0.15) is 30.9 Å². The van der Waals surface area contributed by atoms with Crippen molar-refractivity contribution in [3.8, 4) is 0 Å². The fourth-order valence-electron chi connectivity index (χ4n) is 2.99. The Morgan fingerprint density at radius 2 is 1.80 bits per heavy atom. The number of fused-ring (bicyclic) bond motifs is 1. The third-order valence-electron chi connectivity index (χ3n) is 3.95. The van der Waals surface area contributed by atoms with Crippen molar-refractivity contribution in [1.29, 1.82) is 0 Å². The second-order valence-electron chi connectivity index (χ2n) is 4.95. The van der Waals surface area contributed by atoms with E-state index >= 15 is 0 Å². The van der Waals surface area contributed by atoms with E-state index in [4.69, 9.17) is 11.6 Å². The number of benzene rings is 1. The monoisotopic (exact) mass is 222 g/mol. The molecule has 0 amide bonds. The summed E-state index contributed by atoms with van der Waals surface area (Å²) in [6.07, 6.45) is 3.42. The van der Waals surface area contributed by atoms with Crippen LogP contribution < -0.4 is 0 Å². The SMILES string of the molecule is OC(c1ccccc1Cl)C1CC2CC2C1. The minimum absolute atomic E-state index is 0.355. The molecule has 0 spiro atoms. The topological polar surface area (TPSA) is 20.2 Å². The molecule has 1 N–H and O–H groups in total. The predicted molar refractivity (Wildman–Crippen MR) is 60.7 cm³/mol. The van der Waals surface area contributed by atoms with E-state index in [0.717, 1.165) is 17.4 Å². The van der Waals surface area contributed by atoms with E-state index in [1.165, 1.54) is 19.3 Å². The zero-order valence-corrected chi connectivity index (χ0v) is 9.32. The van der Waals surface area contributed by atoms with Crippen LogP contribution in [-0.4, -0.2) is 5.11 Å². The van der Waals surface area contributed by atoms with Gasteiger partial charge in [0.15, 0.2) is 0 Å². The van der Waals surface area contributed by atoms with E-state index in [-0.39, 0.29) is 6.10 Å². The van der Waals surface area contributed by atoms with Gasteiger partial charge in [-0.25, -0.2) is 0 Å². The number of aliphatic hydroxyl groups is 1. The molecule has 0 aliphatic heterocycles. The molecule has 1 aromatic carbocycles. The van der Waals surface area contributed by atoms with Crippen molar-refractivity contribution < 1.29 is 5.11 Å². The van der Waals surface area contributed by atoms with Crippen LogP contribution in [0.25, 0.3) is 0 Å². The Morgan fingerprint density at radius 1 is 1.13 bits per heavy atom. The van der Waals surface area contributed by atoms with E-state index < -0.39 is 0 Å². The van der Waals surface area contributed by atoms with Crippen LogP contribution in [0.15, 0.2) is 24.3 Å². The quantitative estimate of drug-likeness (QED) is 0.813. The lowest BCUT2D eigenvalue weighted by Crippen LogP contribution is -2.11. The third-order valence-corrected chi connectivity index (χ3v) is 4.29. The maximum atomic E-state index is 10.3. The van der Waals surface area contributed by atoms with Gasteiger partial charge in [0.1, 0.15) is 0 Å². The van der Waals surface area contributed by atoms with Crippen molar-refractivity contribution in [3.05, 3.63) is 34.9 Å². The summed E-state index contributed by atoms with van der Waals surface area (Å²) in [6.45, 7) is 0. The number of hydrogen-bond donors (Lipinski definition) is 1. The van der Waals surface area contributed by atoms with E-state index in [1.54, 1.807) is 0 Å². The smallest absolute Gasteiger partial charge is 0.0832 e. The van der Waals surface area contributed by atoms with Gasteiger partial charge in [-0.05, 0) is 48.6 Å². The molecule has 0 saturated heterocycles. The average Bonchev–Trinajstić information content (AvgIpc) is 2.86. The first kappa shape index (κ1) is 9.68. The van der Waals surface area contributed by atoms with Crippen LogP contribution in [0.4, 0.5) is 0 Å². The maximum Gasteiger partial charge on any atom is 0.0832 e. The zero-order valence-electron chi connectivity index (χ0n) is 8.57. The third kappa shape index (κ3) is 1.68. The molecule has 3 rings (SSSR count). The second kappa shape index (κ2) is 3.50. The van der Waals surface area contributed by atoms with Crippen molar-refractivity contribution in [2.75, 3.05) is 0 Å². The second-order valence-corrected chi connectivity index (χ2v) is 5.36. The number of rotatable bonds is 2. The van der Waals surface area contributed by atoms with Crippen LogP contribution in [-0.2, 0) is 0 Å². The van der Waals surface area contributed by atoms with Gasteiger partial charge in [0, 0.05) is 5.02 Å². The van der Waals surface area contributed by atoms with E-state index in [1.807, 2.05) is 24.3 Å². The largest absolute Gasteiger partial charge is 0.388 e. The van der Waals surface area contributed by atoms with E-state index in [2.05, 4.69) is 0 Å². The predicted octanol–water partition coefficient (Wildman–Crippen LogP) is 3.42. The van der Waals surface area contributed by atoms with Crippen LogP contribution in [0, 0.1) is 17.8 Å². The van der Waals surface area contributed by atoms with Gasteiger partial charge in [-0.1, -0.05) is 29.8 Å². The number of aliphatic hydroxyl groups excluding tert-OH is 1. The summed E-state index contributed by atoms with van der Waals surface area (Å²) < 4.78 is 0. The molecule has 0 bridgehead atoms. The Kier molecular flexibility index (Phi) is 2.26. The normalized spacial score (nSPS) is 34.9. The molecule has 3 atom stereocenters. The van der Waals surface area contributed by atoms with Crippen molar-refractivity contribution in [2.45, 2.75) is 25.4 Å². The summed E-state index contributed by atoms with van der Waals surface area (Å²) in [7, 11) is 0. The fraction of sp³-hybridized carbons (Fsp3) is 0.538. The standard InChI is InChI=1S/C13H15ClO/c14-12-4-2-1-3-11(12)13(15)10-6-8-5-9(8)7-10/h1-4,8-10,13,15H,5-7H2. The summed E-state index contributed by atoms with van der Waals surface area (Å²) in [5, 5.41) is 11.0. The lowest BCUT2D eigenvalue weighted by Gasteiger charge is -2.20. The van der Waals surface area contributed by atoms with Gasteiger partial charge in [-0.15, -0.1) is 0 Å². The summed E-state index contributed by atoms with van der Waals surface area (Å²) in [5.41, 5.74) is 0.908. The maximum absolute atomic E-state index is 10.3. The molecular formula is C13H15ClO. The molecule has 2 saturated carbocycles. The highest BCUT2D eigenvalue weighted by Crippen LogP contribution is 2.57. The minimum atomic E-state index is -0.355. The molecule has 0 heterocycles. The van der Waals surface area contributed by atoms with Crippen molar-refractivity contribution in [1.82, 2.24) is 0 Å². The summed E-state index contributed by atoms with van der Waals surface area (Å²) in [6, 6.07) is 7.65. The van der Waals surface area contributed by atoms with Crippen molar-refractivity contribution >= 4 is 11.6 Å². The van der Waals surface area contributed by atoms with Gasteiger partial charge in [0.2, 0.25) is 0 Å². The molecule has 2 fully saturated rings. The first-order valence-electron chi connectivity index (χ1n) is 5.68. The highest BCUT2D eigenvalue weighted by atomic mass is 35.5. The molecule has 1 aromatic rings. The molecular weight excluding hydrogens is 208 g/mol. The van der Waals surface area contributed by atoms with E-state index in [0.29, 0.717) is 10.9 Å². The Labute approximate surface area is 95.1 Å². The molecule has 0 radical (unpaired) electrons. The van der Waals surface area contributed by atoms with Gasteiger partial charge in [-0.3, -0.25) is 0 Å². The van der Waals surface area contributed by atoms with Gasteiger partial charge < -0.3 is 5.11 Å². The van der Waals surface area contributed by atoms with Gasteiger partial charge >= 0.3 is 0 Å². The molecule has 0 aromatic heterocycles. The summed E-state index contributed by atoms with van der Waals surface area (Å²) in [5.74, 6) is 2.26. The first-order chi connectivity index (χ1) is 7.25. The zero-order chi connectivity index (χ0) is 10.4. The average molecular weight is 223 g/mol. The number of halogens is 1. The lowest BCUT2D eigenvalue weighted by atomic mass is 9.92. The van der Waals surface area contributed by atoms with E-state index in [9.17, 15) is 5.11 Å². The summed E-state index contributed by atoms with van der Waals surface area (Å²) >= 11 is 6.09. The highest BCUT2D eigenvalue weighted by Gasteiger charge is 2.47. The van der Waals surface area contributed by atoms with Gasteiger partial charge in [0.25, 0.3) is 0 Å². The molecule has 1 nitrogen and oxygen atoms in total. The Bertz CT molecular complexity index is 367. The molecule has 15 heavy (non-hydrogen) atoms. The highest BCUT2D eigenvalue weighted by molar-refractivity contribution is 6.31. The van der Waals surface area contributed by atoms with Crippen molar-refractivity contribution in [3.63, 3.8) is 0 Å². The molecule has 3 unspecified atom stereocenters. The van der Waals surface area contributed by atoms with Crippen LogP contribution >= 0.6 is 11.6 Å². The Morgan fingerprint density at radius 3 is 2.47 bits per heavy atom. The lowest BCUT2D eigenvalue weighted by molar-refractivity contribution is 0.104. The molecule has 2 heteroatoms.